The first-order chi connectivity index (χ1) is 23.1. The summed E-state index contributed by atoms with van der Waals surface area (Å²) in [7, 11) is 1.27. The van der Waals surface area contributed by atoms with Crippen LogP contribution in [0.25, 0.3) is 6.08 Å². The van der Waals surface area contributed by atoms with Crippen LogP contribution in [0.5, 0.6) is 17.2 Å². The minimum absolute atomic E-state index is 0.134. The maximum atomic E-state index is 14.2. The number of carbonyl (C=O) groups is 2. The van der Waals surface area contributed by atoms with E-state index in [1.54, 1.807) is 69.3 Å². The third kappa shape index (κ3) is 7.59. The van der Waals surface area contributed by atoms with Crippen LogP contribution in [0.2, 0.25) is 10.0 Å². The zero-order valence-electron chi connectivity index (χ0n) is 26.6. The van der Waals surface area contributed by atoms with Gasteiger partial charge in [-0.15, -0.1) is 0 Å². The van der Waals surface area contributed by atoms with Gasteiger partial charge in [-0.2, -0.15) is 0 Å². The SMILES string of the molecule is CCOC(=O)C1=C(C)N=c2s/c(=C/c3ccccc3OCc3ccc(Cl)cc3Cl)c(=O)n2[C@H]1c1ccc(OCC(=O)OC)c(OCC)c1. The van der Waals surface area contributed by atoms with Crippen molar-refractivity contribution in [1.29, 1.82) is 0 Å². The number of benzene rings is 3. The minimum atomic E-state index is -0.894. The molecule has 1 aliphatic heterocycles. The van der Waals surface area contributed by atoms with Crippen molar-refractivity contribution >= 4 is 52.6 Å². The summed E-state index contributed by atoms with van der Waals surface area (Å²) in [5.41, 5.74) is 2.24. The molecule has 48 heavy (non-hydrogen) atoms. The molecule has 2 heterocycles. The number of fused-ring (bicyclic) bond motifs is 1. The molecule has 0 saturated carbocycles. The van der Waals surface area contributed by atoms with Crippen LogP contribution in [0.1, 0.15) is 43.5 Å². The Hall–Kier alpha value is -4.58. The second kappa shape index (κ2) is 15.5. The number of para-hydroxylation sites is 1. The first-order valence-corrected chi connectivity index (χ1v) is 16.5. The minimum Gasteiger partial charge on any atom is -0.490 e. The van der Waals surface area contributed by atoms with Crippen molar-refractivity contribution in [3.63, 3.8) is 0 Å². The summed E-state index contributed by atoms with van der Waals surface area (Å²) in [6, 6.07) is 16.6. The fourth-order valence-electron chi connectivity index (χ4n) is 5.05. The molecular formula is C35H32Cl2N2O8S. The molecule has 0 bridgehead atoms. The summed E-state index contributed by atoms with van der Waals surface area (Å²) in [5, 5.41) is 1.01. The van der Waals surface area contributed by atoms with Crippen molar-refractivity contribution in [1.82, 2.24) is 4.57 Å². The van der Waals surface area contributed by atoms with E-state index in [9.17, 15) is 14.4 Å². The van der Waals surface area contributed by atoms with E-state index in [2.05, 4.69) is 9.73 Å². The second-order valence-corrected chi connectivity index (χ2v) is 12.2. The summed E-state index contributed by atoms with van der Waals surface area (Å²) < 4.78 is 29.5. The summed E-state index contributed by atoms with van der Waals surface area (Å²) in [6.45, 7) is 5.51. The normalized spacial score (nSPS) is 14.2. The first-order valence-electron chi connectivity index (χ1n) is 15.0. The highest BCUT2D eigenvalue weighted by molar-refractivity contribution is 7.07. The van der Waals surface area contributed by atoms with Crippen LogP contribution in [-0.4, -0.2) is 43.4 Å². The lowest BCUT2D eigenvalue weighted by Gasteiger charge is -2.25. The van der Waals surface area contributed by atoms with Gasteiger partial charge in [0.25, 0.3) is 5.56 Å². The van der Waals surface area contributed by atoms with Crippen molar-refractivity contribution in [2.24, 2.45) is 4.99 Å². The molecule has 0 amide bonds. The predicted octanol–water partition coefficient (Wildman–Crippen LogP) is 5.63. The van der Waals surface area contributed by atoms with E-state index in [1.165, 1.54) is 23.0 Å². The van der Waals surface area contributed by atoms with Gasteiger partial charge in [-0.1, -0.05) is 64.9 Å². The van der Waals surface area contributed by atoms with Gasteiger partial charge in [0.1, 0.15) is 12.4 Å². The monoisotopic (exact) mass is 710 g/mol. The highest BCUT2D eigenvalue weighted by Crippen LogP contribution is 2.36. The Bertz CT molecular complexity index is 2070. The predicted molar refractivity (Wildman–Crippen MR) is 183 cm³/mol. The Morgan fingerprint density at radius 1 is 0.958 bits per heavy atom. The Kier molecular flexibility index (Phi) is 11.3. The zero-order chi connectivity index (χ0) is 34.4. The van der Waals surface area contributed by atoms with Crippen molar-refractivity contribution in [2.45, 2.75) is 33.4 Å². The number of thiazole rings is 1. The Balaban J connectivity index is 1.59. The molecule has 0 unspecified atom stereocenters. The molecular weight excluding hydrogens is 679 g/mol. The number of halogens is 2. The van der Waals surface area contributed by atoms with Gasteiger partial charge in [0.15, 0.2) is 22.9 Å². The van der Waals surface area contributed by atoms with E-state index >= 15 is 0 Å². The van der Waals surface area contributed by atoms with Crippen molar-refractivity contribution in [3.8, 4) is 17.2 Å². The van der Waals surface area contributed by atoms with E-state index in [4.69, 9.17) is 42.1 Å². The Labute approximate surface area is 290 Å². The Morgan fingerprint density at radius 3 is 2.48 bits per heavy atom. The maximum absolute atomic E-state index is 14.2. The van der Waals surface area contributed by atoms with Crippen molar-refractivity contribution in [2.75, 3.05) is 26.9 Å². The number of aromatic nitrogens is 1. The van der Waals surface area contributed by atoms with Gasteiger partial charge in [0.2, 0.25) is 0 Å². The van der Waals surface area contributed by atoms with Crippen molar-refractivity contribution < 1.29 is 33.3 Å². The van der Waals surface area contributed by atoms with E-state index in [0.717, 1.165) is 5.56 Å². The molecule has 0 aliphatic carbocycles. The van der Waals surface area contributed by atoms with Crippen LogP contribution in [0.3, 0.4) is 0 Å². The molecule has 1 aromatic heterocycles. The van der Waals surface area contributed by atoms with Crippen LogP contribution < -0.4 is 29.1 Å². The largest absolute Gasteiger partial charge is 0.490 e. The van der Waals surface area contributed by atoms with E-state index in [1.807, 2.05) is 18.2 Å². The van der Waals surface area contributed by atoms with Gasteiger partial charge >= 0.3 is 11.9 Å². The van der Waals surface area contributed by atoms with Gasteiger partial charge in [-0.05, 0) is 62.7 Å². The third-order valence-electron chi connectivity index (χ3n) is 7.28. The number of hydrogen-bond acceptors (Lipinski definition) is 10. The lowest BCUT2D eigenvalue weighted by Crippen LogP contribution is -2.40. The fraction of sp³-hybridized carbons (Fsp3) is 0.257. The molecule has 4 aromatic rings. The zero-order valence-corrected chi connectivity index (χ0v) is 28.9. The van der Waals surface area contributed by atoms with Gasteiger partial charge in [-0.3, -0.25) is 9.36 Å². The third-order valence-corrected chi connectivity index (χ3v) is 8.85. The number of allylic oxidation sites excluding steroid dienone is 1. The van der Waals surface area contributed by atoms with Crippen molar-refractivity contribution in [3.05, 3.63) is 118 Å². The molecule has 13 heteroatoms. The first kappa shape index (κ1) is 34.7. The summed E-state index contributed by atoms with van der Waals surface area (Å²) >= 11 is 13.6. The van der Waals surface area contributed by atoms with Gasteiger partial charge in [0, 0.05) is 21.2 Å². The molecule has 3 aromatic carbocycles. The molecule has 10 nitrogen and oxygen atoms in total. The van der Waals surface area contributed by atoms with Crippen LogP contribution in [0.4, 0.5) is 0 Å². The number of esters is 2. The van der Waals surface area contributed by atoms with Gasteiger partial charge < -0.3 is 23.7 Å². The van der Waals surface area contributed by atoms with Gasteiger partial charge in [0.05, 0.1) is 42.2 Å². The van der Waals surface area contributed by atoms with Crippen LogP contribution in [0.15, 0.2) is 81.7 Å². The fourth-order valence-corrected chi connectivity index (χ4v) is 6.55. The Morgan fingerprint density at radius 2 is 1.75 bits per heavy atom. The molecule has 1 atom stereocenters. The van der Waals surface area contributed by atoms with Crippen LogP contribution in [0, 0.1) is 0 Å². The molecule has 0 radical (unpaired) electrons. The molecule has 1 aliphatic rings. The summed E-state index contributed by atoms with van der Waals surface area (Å²) in [5.74, 6) is 0.0106. The standard InChI is InChI=1S/C35H32Cl2N2O8S/c1-5-44-28-15-22(12-14-27(28)47-19-30(40)43-4)32-31(34(42)45-6-2)20(3)38-35-39(32)33(41)29(48-35)16-21-9-7-8-10-26(21)46-18-23-11-13-24(36)17-25(23)37/h7-17,32H,5-6,18-19H2,1-4H3/b29-16+/t32-/m0/s1. The molecule has 0 spiro atoms. The average Bonchev–Trinajstić information content (AvgIpc) is 3.37. The smallest absolute Gasteiger partial charge is 0.343 e. The molecule has 0 fully saturated rings. The number of methoxy groups -OCH3 is 1. The average molecular weight is 712 g/mol. The number of ether oxygens (including phenoxy) is 5. The van der Waals surface area contributed by atoms with Crippen LogP contribution in [-0.2, 0) is 25.7 Å². The number of hydrogen-bond donors (Lipinski definition) is 0. The maximum Gasteiger partial charge on any atom is 0.343 e. The molecule has 0 N–H and O–H groups in total. The highest BCUT2D eigenvalue weighted by Gasteiger charge is 2.34. The second-order valence-electron chi connectivity index (χ2n) is 10.4. The van der Waals surface area contributed by atoms with E-state index in [-0.39, 0.29) is 31.0 Å². The van der Waals surface area contributed by atoms with E-state index in [0.29, 0.717) is 60.1 Å². The lowest BCUT2D eigenvalue weighted by atomic mass is 9.95. The summed E-state index contributed by atoms with van der Waals surface area (Å²) in [6.07, 6.45) is 1.73. The molecule has 0 saturated heterocycles. The molecule has 250 valence electrons. The quantitative estimate of drug-likeness (QED) is 0.174. The highest BCUT2D eigenvalue weighted by atomic mass is 35.5. The number of carbonyl (C=O) groups excluding carboxylic acids is 2. The summed E-state index contributed by atoms with van der Waals surface area (Å²) in [4.78, 5) is 44.4. The van der Waals surface area contributed by atoms with Gasteiger partial charge in [-0.25, -0.2) is 14.6 Å². The van der Waals surface area contributed by atoms with Crippen LogP contribution >= 0.6 is 34.5 Å². The topological polar surface area (TPSA) is 115 Å². The lowest BCUT2D eigenvalue weighted by molar-refractivity contribution is -0.143. The number of rotatable bonds is 12. The molecule has 5 rings (SSSR count). The van der Waals surface area contributed by atoms with E-state index < -0.39 is 18.0 Å². The number of nitrogens with zero attached hydrogens (tertiary/aromatic N) is 2.